The molecule has 106 valence electrons. The fraction of sp³-hybridized carbons (Fsp3) is 0.333. The van der Waals surface area contributed by atoms with Gasteiger partial charge < -0.3 is 5.32 Å². The summed E-state index contributed by atoms with van der Waals surface area (Å²) >= 11 is 11.9. The van der Waals surface area contributed by atoms with Crippen molar-refractivity contribution in [1.82, 2.24) is 15.3 Å². The fourth-order valence-electron chi connectivity index (χ4n) is 1.74. The highest BCUT2D eigenvalue weighted by Gasteiger charge is 2.05. The lowest BCUT2D eigenvalue weighted by atomic mass is 10.2. The zero-order chi connectivity index (χ0) is 14.5. The molecule has 0 atom stereocenters. The standard InChI is InChI=1S/C15H17Cl2N3/c1-10(2)6-18-7-11-8-19-15(20-9-11)12-3-4-13(16)14(17)5-12/h3-5,8-10,18H,6-7H2,1-2H3. The smallest absolute Gasteiger partial charge is 0.159 e. The van der Waals surface area contributed by atoms with E-state index in [-0.39, 0.29) is 0 Å². The molecule has 1 heterocycles. The molecule has 0 aliphatic rings. The number of halogens is 2. The third-order valence-electron chi connectivity index (χ3n) is 2.76. The van der Waals surface area contributed by atoms with Crippen LogP contribution in [0.25, 0.3) is 11.4 Å². The molecular formula is C15H17Cl2N3. The van der Waals surface area contributed by atoms with Crippen LogP contribution in [0.1, 0.15) is 19.4 Å². The molecule has 0 aliphatic heterocycles. The van der Waals surface area contributed by atoms with E-state index >= 15 is 0 Å². The van der Waals surface area contributed by atoms with Gasteiger partial charge in [-0.1, -0.05) is 37.0 Å². The van der Waals surface area contributed by atoms with Crippen molar-refractivity contribution >= 4 is 23.2 Å². The van der Waals surface area contributed by atoms with Crippen molar-refractivity contribution in [3.8, 4) is 11.4 Å². The maximum Gasteiger partial charge on any atom is 0.159 e. The van der Waals surface area contributed by atoms with Crippen molar-refractivity contribution in [2.75, 3.05) is 6.54 Å². The SMILES string of the molecule is CC(C)CNCc1cnc(-c2ccc(Cl)c(Cl)c2)nc1. The van der Waals surface area contributed by atoms with E-state index in [1.807, 2.05) is 18.5 Å². The van der Waals surface area contributed by atoms with Crippen molar-refractivity contribution in [1.29, 1.82) is 0 Å². The van der Waals surface area contributed by atoms with Gasteiger partial charge in [-0.3, -0.25) is 0 Å². The highest BCUT2D eigenvalue weighted by atomic mass is 35.5. The molecule has 0 spiro atoms. The summed E-state index contributed by atoms with van der Waals surface area (Å²) in [4.78, 5) is 8.73. The lowest BCUT2D eigenvalue weighted by Gasteiger charge is -2.07. The first kappa shape index (κ1) is 15.2. The Hall–Kier alpha value is -1.16. The topological polar surface area (TPSA) is 37.8 Å². The van der Waals surface area contributed by atoms with Gasteiger partial charge in [0.05, 0.1) is 10.0 Å². The molecule has 0 radical (unpaired) electrons. The highest BCUT2D eigenvalue weighted by molar-refractivity contribution is 6.42. The molecule has 0 fully saturated rings. The third kappa shape index (κ3) is 4.17. The molecule has 0 saturated carbocycles. The molecule has 0 aliphatic carbocycles. The zero-order valence-electron chi connectivity index (χ0n) is 11.5. The van der Waals surface area contributed by atoms with Gasteiger partial charge in [0.2, 0.25) is 0 Å². The number of nitrogens with one attached hydrogen (secondary N) is 1. The average Bonchev–Trinajstić information content (AvgIpc) is 2.42. The van der Waals surface area contributed by atoms with E-state index in [1.54, 1.807) is 12.1 Å². The van der Waals surface area contributed by atoms with Crippen molar-refractivity contribution in [3.63, 3.8) is 0 Å². The van der Waals surface area contributed by atoms with Gasteiger partial charge in [0.15, 0.2) is 5.82 Å². The van der Waals surface area contributed by atoms with E-state index in [0.717, 1.165) is 24.2 Å². The normalized spacial score (nSPS) is 11.1. The van der Waals surface area contributed by atoms with Gasteiger partial charge in [0.25, 0.3) is 0 Å². The number of rotatable bonds is 5. The van der Waals surface area contributed by atoms with E-state index in [9.17, 15) is 0 Å². The highest BCUT2D eigenvalue weighted by Crippen LogP contribution is 2.26. The van der Waals surface area contributed by atoms with Crippen LogP contribution >= 0.6 is 23.2 Å². The summed E-state index contributed by atoms with van der Waals surface area (Å²) in [5.74, 6) is 1.28. The van der Waals surface area contributed by atoms with Crippen molar-refractivity contribution < 1.29 is 0 Å². The second-order valence-electron chi connectivity index (χ2n) is 5.07. The molecule has 0 saturated heterocycles. The maximum absolute atomic E-state index is 6.00. The Morgan fingerprint density at radius 2 is 1.80 bits per heavy atom. The lowest BCUT2D eigenvalue weighted by molar-refractivity contribution is 0.551. The minimum atomic E-state index is 0.510. The van der Waals surface area contributed by atoms with Crippen LogP contribution < -0.4 is 5.32 Å². The average molecular weight is 310 g/mol. The molecule has 0 amide bonds. The van der Waals surface area contributed by atoms with Crippen LogP contribution in [0.3, 0.4) is 0 Å². The van der Waals surface area contributed by atoms with Crippen LogP contribution in [0, 0.1) is 5.92 Å². The number of nitrogens with zero attached hydrogens (tertiary/aromatic N) is 2. The van der Waals surface area contributed by atoms with Gasteiger partial charge >= 0.3 is 0 Å². The van der Waals surface area contributed by atoms with E-state index in [2.05, 4.69) is 29.1 Å². The molecule has 2 aromatic rings. The Bertz CT molecular complexity index is 568. The van der Waals surface area contributed by atoms with Gasteiger partial charge in [-0.25, -0.2) is 9.97 Å². The van der Waals surface area contributed by atoms with Gasteiger partial charge in [-0.05, 0) is 30.7 Å². The second-order valence-corrected chi connectivity index (χ2v) is 5.88. The van der Waals surface area contributed by atoms with Crippen LogP contribution in [0.4, 0.5) is 0 Å². The maximum atomic E-state index is 6.00. The quantitative estimate of drug-likeness (QED) is 0.899. The van der Waals surface area contributed by atoms with Gasteiger partial charge in [-0.2, -0.15) is 0 Å². The monoisotopic (exact) mass is 309 g/mol. The van der Waals surface area contributed by atoms with E-state index in [0.29, 0.717) is 21.8 Å². The summed E-state index contributed by atoms with van der Waals surface area (Å²) in [5, 5.41) is 4.40. The molecule has 3 nitrogen and oxygen atoms in total. The van der Waals surface area contributed by atoms with Crippen LogP contribution in [-0.2, 0) is 6.54 Å². The van der Waals surface area contributed by atoms with Crippen molar-refractivity contribution in [3.05, 3.63) is 46.2 Å². The first-order chi connectivity index (χ1) is 9.56. The Morgan fingerprint density at radius 3 is 2.40 bits per heavy atom. The molecule has 2 rings (SSSR count). The number of hydrogen-bond acceptors (Lipinski definition) is 3. The Kier molecular flexibility index (Phi) is 5.35. The number of benzene rings is 1. The summed E-state index contributed by atoms with van der Waals surface area (Å²) < 4.78 is 0. The third-order valence-corrected chi connectivity index (χ3v) is 3.50. The van der Waals surface area contributed by atoms with Gasteiger partial charge in [0, 0.05) is 30.1 Å². The summed E-state index contributed by atoms with van der Waals surface area (Å²) in [6.07, 6.45) is 3.66. The summed E-state index contributed by atoms with van der Waals surface area (Å²) in [6.45, 7) is 6.11. The summed E-state index contributed by atoms with van der Waals surface area (Å²) in [6, 6.07) is 5.39. The molecule has 0 bridgehead atoms. The van der Waals surface area contributed by atoms with Crippen LogP contribution in [-0.4, -0.2) is 16.5 Å². The van der Waals surface area contributed by atoms with Gasteiger partial charge in [0.1, 0.15) is 0 Å². The van der Waals surface area contributed by atoms with E-state index in [4.69, 9.17) is 23.2 Å². The summed E-state index contributed by atoms with van der Waals surface area (Å²) in [7, 11) is 0. The predicted octanol–water partition coefficient (Wildman–Crippen LogP) is 4.20. The fourth-order valence-corrected chi connectivity index (χ4v) is 2.03. The second kappa shape index (κ2) is 7.02. The van der Waals surface area contributed by atoms with Crippen LogP contribution in [0.15, 0.2) is 30.6 Å². The first-order valence-electron chi connectivity index (χ1n) is 6.53. The van der Waals surface area contributed by atoms with Crippen LogP contribution in [0.5, 0.6) is 0 Å². The largest absolute Gasteiger partial charge is 0.312 e. The predicted molar refractivity (Wildman–Crippen MR) is 84.0 cm³/mol. The van der Waals surface area contributed by atoms with Crippen LogP contribution in [0.2, 0.25) is 10.0 Å². The Morgan fingerprint density at radius 1 is 1.10 bits per heavy atom. The molecule has 0 unspecified atom stereocenters. The van der Waals surface area contributed by atoms with Crippen molar-refractivity contribution in [2.24, 2.45) is 5.92 Å². The first-order valence-corrected chi connectivity index (χ1v) is 7.29. The lowest BCUT2D eigenvalue weighted by Crippen LogP contribution is -2.19. The molecule has 1 N–H and O–H groups in total. The Labute approximate surface area is 129 Å². The van der Waals surface area contributed by atoms with Crippen molar-refractivity contribution in [2.45, 2.75) is 20.4 Å². The molecule has 20 heavy (non-hydrogen) atoms. The molecular weight excluding hydrogens is 293 g/mol. The molecule has 1 aromatic heterocycles. The van der Waals surface area contributed by atoms with E-state index < -0.39 is 0 Å². The molecule has 5 heteroatoms. The minimum Gasteiger partial charge on any atom is -0.312 e. The number of aromatic nitrogens is 2. The molecule has 1 aromatic carbocycles. The minimum absolute atomic E-state index is 0.510. The summed E-state index contributed by atoms with van der Waals surface area (Å²) in [5.41, 5.74) is 1.93. The Balaban J connectivity index is 2.05. The number of hydrogen-bond donors (Lipinski definition) is 1. The van der Waals surface area contributed by atoms with Gasteiger partial charge in [-0.15, -0.1) is 0 Å². The zero-order valence-corrected chi connectivity index (χ0v) is 13.0. The van der Waals surface area contributed by atoms with E-state index in [1.165, 1.54) is 0 Å².